The summed E-state index contributed by atoms with van der Waals surface area (Å²) in [6.07, 6.45) is 3.03. The predicted octanol–water partition coefficient (Wildman–Crippen LogP) is 1.14. The van der Waals surface area contributed by atoms with E-state index in [9.17, 15) is 0 Å². The van der Waals surface area contributed by atoms with E-state index in [2.05, 4.69) is 9.88 Å². The fourth-order valence-corrected chi connectivity index (χ4v) is 2.02. The lowest BCUT2D eigenvalue weighted by atomic mass is 10.1. The number of nitrogens with zero attached hydrogens (tertiary/aromatic N) is 2. The molecule has 0 saturated carbocycles. The number of rotatable bonds is 3. The highest BCUT2D eigenvalue weighted by atomic mass is 16.5. The van der Waals surface area contributed by atoms with E-state index in [1.165, 1.54) is 6.42 Å². The number of hydrogen-bond donors (Lipinski definition) is 1. The van der Waals surface area contributed by atoms with Gasteiger partial charge in [0.2, 0.25) is 0 Å². The van der Waals surface area contributed by atoms with Crippen molar-refractivity contribution in [2.45, 2.75) is 6.42 Å². The monoisotopic (exact) mass is 207 g/mol. The third kappa shape index (κ3) is 2.39. The summed E-state index contributed by atoms with van der Waals surface area (Å²) < 4.78 is 5.17. The topological polar surface area (TPSA) is 51.4 Å². The van der Waals surface area contributed by atoms with Crippen molar-refractivity contribution < 1.29 is 4.74 Å². The number of aromatic nitrogens is 1. The first-order valence-corrected chi connectivity index (χ1v) is 5.25. The smallest absolute Gasteiger partial charge is 0.123 e. The summed E-state index contributed by atoms with van der Waals surface area (Å²) in [5.74, 6) is 1.22. The Morgan fingerprint density at radius 2 is 2.47 bits per heavy atom. The van der Waals surface area contributed by atoms with E-state index in [4.69, 9.17) is 10.5 Å². The predicted molar refractivity (Wildman–Crippen MR) is 60.8 cm³/mol. The van der Waals surface area contributed by atoms with Gasteiger partial charge in [0.25, 0.3) is 0 Å². The number of nitrogen functional groups attached to an aromatic ring is 1. The van der Waals surface area contributed by atoms with Crippen LogP contribution in [0.3, 0.4) is 0 Å². The lowest BCUT2D eigenvalue weighted by Gasteiger charge is -2.18. The van der Waals surface area contributed by atoms with Gasteiger partial charge in [-0.3, -0.25) is 0 Å². The van der Waals surface area contributed by atoms with Crippen LogP contribution in [0.5, 0.6) is 0 Å². The van der Waals surface area contributed by atoms with Crippen molar-refractivity contribution in [1.82, 2.24) is 4.98 Å². The summed E-state index contributed by atoms with van der Waals surface area (Å²) >= 11 is 0. The van der Waals surface area contributed by atoms with E-state index in [0.29, 0.717) is 11.7 Å². The van der Waals surface area contributed by atoms with Crippen molar-refractivity contribution in [3.8, 4) is 0 Å². The van der Waals surface area contributed by atoms with Gasteiger partial charge in [-0.1, -0.05) is 0 Å². The van der Waals surface area contributed by atoms with Gasteiger partial charge in [0.15, 0.2) is 0 Å². The van der Waals surface area contributed by atoms with E-state index in [1.54, 1.807) is 7.11 Å². The molecule has 82 valence electrons. The van der Waals surface area contributed by atoms with Crippen LogP contribution < -0.4 is 10.6 Å². The molecule has 2 heterocycles. The number of anilines is 2. The average molecular weight is 207 g/mol. The standard InChI is InChI=1S/C11H17N3O/c1-15-8-9-4-5-14(7-9)10-2-3-11(12)13-6-10/h2-3,6,9H,4-5,7-8H2,1H3,(H2,12,13). The molecule has 1 aromatic heterocycles. The molecule has 1 saturated heterocycles. The molecule has 0 bridgehead atoms. The van der Waals surface area contributed by atoms with Gasteiger partial charge in [0, 0.05) is 26.1 Å². The normalized spacial score (nSPS) is 20.9. The summed E-state index contributed by atoms with van der Waals surface area (Å²) in [5, 5.41) is 0. The minimum Gasteiger partial charge on any atom is -0.384 e. The summed E-state index contributed by atoms with van der Waals surface area (Å²) in [5.41, 5.74) is 6.71. The summed E-state index contributed by atoms with van der Waals surface area (Å²) in [6.45, 7) is 2.98. The number of methoxy groups -OCH3 is 1. The van der Waals surface area contributed by atoms with Gasteiger partial charge in [-0.05, 0) is 18.6 Å². The van der Waals surface area contributed by atoms with Crippen LogP contribution in [-0.2, 0) is 4.74 Å². The summed E-state index contributed by atoms with van der Waals surface area (Å²) in [7, 11) is 1.76. The number of nitrogens with two attached hydrogens (primary N) is 1. The molecule has 4 nitrogen and oxygen atoms in total. The van der Waals surface area contributed by atoms with Crippen molar-refractivity contribution in [1.29, 1.82) is 0 Å². The zero-order chi connectivity index (χ0) is 10.7. The van der Waals surface area contributed by atoms with Crippen LogP contribution in [0.15, 0.2) is 18.3 Å². The van der Waals surface area contributed by atoms with Gasteiger partial charge in [-0.25, -0.2) is 4.98 Å². The van der Waals surface area contributed by atoms with Gasteiger partial charge in [0.1, 0.15) is 5.82 Å². The van der Waals surface area contributed by atoms with Gasteiger partial charge >= 0.3 is 0 Å². The Hall–Kier alpha value is -1.29. The molecule has 1 fully saturated rings. The SMILES string of the molecule is COCC1CCN(c2ccc(N)nc2)C1. The molecule has 1 aliphatic rings. The zero-order valence-electron chi connectivity index (χ0n) is 9.02. The Labute approximate surface area is 90.0 Å². The molecule has 1 aromatic rings. The third-order valence-corrected chi connectivity index (χ3v) is 2.82. The number of hydrogen-bond acceptors (Lipinski definition) is 4. The molecule has 2 N–H and O–H groups in total. The van der Waals surface area contributed by atoms with Crippen LogP contribution in [0.25, 0.3) is 0 Å². The van der Waals surface area contributed by atoms with Gasteiger partial charge in [0.05, 0.1) is 18.5 Å². The minimum atomic E-state index is 0.575. The van der Waals surface area contributed by atoms with Crippen molar-refractivity contribution in [3.05, 3.63) is 18.3 Å². The van der Waals surface area contributed by atoms with Gasteiger partial charge < -0.3 is 15.4 Å². The lowest BCUT2D eigenvalue weighted by Crippen LogP contribution is -2.21. The first-order valence-electron chi connectivity index (χ1n) is 5.25. The van der Waals surface area contributed by atoms with Crippen LogP contribution in [0.1, 0.15) is 6.42 Å². The van der Waals surface area contributed by atoms with Crippen molar-refractivity contribution in [3.63, 3.8) is 0 Å². The van der Waals surface area contributed by atoms with Crippen molar-refractivity contribution in [2.24, 2.45) is 5.92 Å². The maximum absolute atomic E-state index is 5.55. The van der Waals surface area contributed by atoms with E-state index in [1.807, 2.05) is 18.3 Å². The fraction of sp³-hybridized carbons (Fsp3) is 0.545. The molecule has 0 aromatic carbocycles. The highest BCUT2D eigenvalue weighted by Crippen LogP contribution is 2.23. The van der Waals surface area contributed by atoms with E-state index < -0.39 is 0 Å². The van der Waals surface area contributed by atoms with Crippen molar-refractivity contribution in [2.75, 3.05) is 37.4 Å². The van der Waals surface area contributed by atoms with Gasteiger partial charge in [-0.2, -0.15) is 0 Å². The molecule has 0 aliphatic carbocycles. The van der Waals surface area contributed by atoms with E-state index >= 15 is 0 Å². The molecule has 4 heteroatoms. The maximum atomic E-state index is 5.55. The van der Waals surface area contributed by atoms with Crippen LogP contribution in [0, 0.1) is 5.92 Å². The molecule has 1 atom stereocenters. The molecule has 2 rings (SSSR count). The second-order valence-corrected chi connectivity index (χ2v) is 4.00. The highest BCUT2D eigenvalue weighted by molar-refractivity contribution is 5.48. The highest BCUT2D eigenvalue weighted by Gasteiger charge is 2.22. The molecular weight excluding hydrogens is 190 g/mol. The van der Waals surface area contributed by atoms with Crippen LogP contribution in [0.4, 0.5) is 11.5 Å². The summed E-state index contributed by atoms with van der Waals surface area (Å²) in [4.78, 5) is 6.43. The molecule has 0 radical (unpaired) electrons. The zero-order valence-corrected chi connectivity index (χ0v) is 9.02. The maximum Gasteiger partial charge on any atom is 0.123 e. The molecule has 1 unspecified atom stereocenters. The largest absolute Gasteiger partial charge is 0.384 e. The van der Waals surface area contributed by atoms with E-state index in [-0.39, 0.29) is 0 Å². The molecule has 15 heavy (non-hydrogen) atoms. The second-order valence-electron chi connectivity index (χ2n) is 4.00. The first-order chi connectivity index (χ1) is 7.29. The first kappa shape index (κ1) is 10.2. The summed E-state index contributed by atoms with van der Waals surface area (Å²) in [6, 6.07) is 3.87. The second kappa shape index (κ2) is 4.49. The molecule has 0 amide bonds. The third-order valence-electron chi connectivity index (χ3n) is 2.82. The van der Waals surface area contributed by atoms with E-state index in [0.717, 1.165) is 25.4 Å². The van der Waals surface area contributed by atoms with Crippen LogP contribution in [0.2, 0.25) is 0 Å². The van der Waals surface area contributed by atoms with Crippen LogP contribution >= 0.6 is 0 Å². The van der Waals surface area contributed by atoms with Crippen molar-refractivity contribution >= 4 is 11.5 Å². The number of pyridine rings is 1. The minimum absolute atomic E-state index is 0.575. The number of ether oxygens (including phenoxy) is 1. The average Bonchev–Trinajstić information content (AvgIpc) is 2.68. The Morgan fingerprint density at radius 3 is 3.13 bits per heavy atom. The molecule has 1 aliphatic heterocycles. The molecular formula is C11H17N3O. The Morgan fingerprint density at radius 1 is 1.60 bits per heavy atom. The lowest BCUT2D eigenvalue weighted by molar-refractivity contribution is 0.161. The Balaban J connectivity index is 1.98. The quantitative estimate of drug-likeness (QED) is 0.807. The molecule has 0 spiro atoms. The van der Waals surface area contributed by atoms with Crippen LogP contribution in [-0.4, -0.2) is 31.8 Å². The fourth-order valence-electron chi connectivity index (χ4n) is 2.02. The Kier molecular flexibility index (Phi) is 3.06. The van der Waals surface area contributed by atoms with Gasteiger partial charge in [-0.15, -0.1) is 0 Å². The Bertz CT molecular complexity index is 312.